The van der Waals surface area contributed by atoms with Gasteiger partial charge >= 0.3 is 0 Å². The third-order valence-corrected chi connectivity index (χ3v) is 4.53. The fourth-order valence-corrected chi connectivity index (χ4v) is 2.96. The van der Waals surface area contributed by atoms with E-state index >= 15 is 0 Å². The van der Waals surface area contributed by atoms with E-state index in [2.05, 4.69) is 5.32 Å². The van der Waals surface area contributed by atoms with E-state index in [4.69, 9.17) is 23.2 Å². The molecule has 1 fully saturated rings. The number of hydrogen-bond donors (Lipinski definition) is 1. The van der Waals surface area contributed by atoms with Gasteiger partial charge in [-0.25, -0.2) is 0 Å². The lowest BCUT2D eigenvalue weighted by Gasteiger charge is -2.18. The second-order valence-electron chi connectivity index (χ2n) is 5.16. The molecule has 3 nitrogen and oxygen atoms in total. The first-order valence-electron chi connectivity index (χ1n) is 7.04. The number of rotatable bonds is 5. The van der Waals surface area contributed by atoms with E-state index in [0.717, 1.165) is 31.5 Å². The maximum absolute atomic E-state index is 11.9. The number of benzene rings is 1. The van der Waals surface area contributed by atoms with Gasteiger partial charge in [-0.15, -0.1) is 0 Å². The number of carbonyl (C=O) groups excluding carboxylic acids is 1. The molecule has 1 aliphatic rings. The molecule has 0 saturated carbocycles. The van der Waals surface area contributed by atoms with Crippen LogP contribution in [0.5, 0.6) is 0 Å². The van der Waals surface area contributed by atoms with Crippen molar-refractivity contribution >= 4 is 29.1 Å². The number of amides is 1. The molecule has 2 rings (SSSR count). The zero-order valence-corrected chi connectivity index (χ0v) is 13.2. The number of carbonyl (C=O) groups is 1. The van der Waals surface area contributed by atoms with Crippen molar-refractivity contribution in [3.8, 4) is 0 Å². The Balaban J connectivity index is 1.81. The zero-order chi connectivity index (χ0) is 14.5. The Hall–Kier alpha value is -0.770. The van der Waals surface area contributed by atoms with E-state index in [1.54, 1.807) is 6.07 Å². The van der Waals surface area contributed by atoms with Gasteiger partial charge in [0.25, 0.3) is 0 Å². The van der Waals surface area contributed by atoms with Gasteiger partial charge < -0.3 is 10.2 Å². The van der Waals surface area contributed by atoms with Crippen molar-refractivity contribution in [3.05, 3.63) is 33.8 Å². The molecule has 0 aromatic heterocycles. The van der Waals surface area contributed by atoms with Crippen molar-refractivity contribution in [2.24, 2.45) is 0 Å². The number of hydrogen-bond acceptors (Lipinski definition) is 2. The van der Waals surface area contributed by atoms with Crippen LogP contribution in [0.3, 0.4) is 0 Å². The molecule has 0 bridgehead atoms. The van der Waals surface area contributed by atoms with Gasteiger partial charge in [-0.1, -0.05) is 35.3 Å². The Morgan fingerprint density at radius 2 is 2.05 bits per heavy atom. The van der Waals surface area contributed by atoms with Gasteiger partial charge in [-0.2, -0.15) is 0 Å². The first kappa shape index (κ1) is 15.6. The second kappa shape index (κ2) is 7.30. The fraction of sp³-hybridized carbons (Fsp3) is 0.533. The van der Waals surface area contributed by atoms with Crippen molar-refractivity contribution in [2.45, 2.75) is 32.2 Å². The van der Waals surface area contributed by atoms with Crippen LogP contribution >= 0.6 is 23.2 Å². The van der Waals surface area contributed by atoms with E-state index < -0.39 is 0 Å². The Kier molecular flexibility index (Phi) is 5.70. The summed E-state index contributed by atoms with van der Waals surface area (Å²) in [5.41, 5.74) is 0.966. The van der Waals surface area contributed by atoms with Crippen LogP contribution < -0.4 is 5.32 Å². The number of nitrogens with zero attached hydrogens (tertiary/aromatic N) is 1. The molecule has 1 atom stereocenters. The first-order valence-corrected chi connectivity index (χ1v) is 7.80. The third kappa shape index (κ3) is 3.87. The van der Waals surface area contributed by atoms with Crippen LogP contribution in [0.15, 0.2) is 18.2 Å². The molecule has 0 aliphatic carbocycles. The Labute approximate surface area is 130 Å². The van der Waals surface area contributed by atoms with Gasteiger partial charge in [0, 0.05) is 32.1 Å². The Morgan fingerprint density at radius 1 is 1.35 bits per heavy atom. The van der Waals surface area contributed by atoms with Crippen molar-refractivity contribution in [3.63, 3.8) is 0 Å². The minimum Gasteiger partial charge on any atom is -0.343 e. The molecule has 1 unspecified atom stereocenters. The van der Waals surface area contributed by atoms with E-state index in [0.29, 0.717) is 23.0 Å². The van der Waals surface area contributed by atoms with Crippen LogP contribution in [0.25, 0.3) is 0 Å². The van der Waals surface area contributed by atoms with Crippen LogP contribution in [-0.2, 0) is 4.79 Å². The van der Waals surface area contributed by atoms with Crippen LogP contribution in [0.4, 0.5) is 0 Å². The normalized spacial score (nSPS) is 16.4. The van der Waals surface area contributed by atoms with E-state index in [9.17, 15) is 4.79 Å². The summed E-state index contributed by atoms with van der Waals surface area (Å²) in [6.07, 6.45) is 2.80. The molecule has 0 spiro atoms. The average Bonchev–Trinajstić information content (AvgIpc) is 2.95. The summed E-state index contributed by atoms with van der Waals surface area (Å²) in [5, 5.41) is 4.48. The van der Waals surface area contributed by atoms with Gasteiger partial charge in [0.2, 0.25) is 5.91 Å². The monoisotopic (exact) mass is 314 g/mol. The van der Waals surface area contributed by atoms with Crippen molar-refractivity contribution in [2.75, 3.05) is 19.6 Å². The molecule has 110 valence electrons. The number of nitrogens with one attached hydrogen (secondary N) is 1. The largest absolute Gasteiger partial charge is 0.343 e. The van der Waals surface area contributed by atoms with E-state index in [1.165, 1.54) is 0 Å². The molecule has 1 saturated heterocycles. The standard InChI is InChI=1S/C15H20Cl2N2O/c1-11(12-5-4-6-13(16)15(12)17)18-8-7-14(20)19-9-2-3-10-19/h4-6,11,18H,2-3,7-10H2,1H3. The maximum Gasteiger partial charge on any atom is 0.223 e. The summed E-state index contributed by atoms with van der Waals surface area (Å²) >= 11 is 12.2. The van der Waals surface area contributed by atoms with Crippen molar-refractivity contribution < 1.29 is 4.79 Å². The third-order valence-electron chi connectivity index (χ3n) is 3.70. The highest BCUT2D eigenvalue weighted by Gasteiger charge is 2.18. The fourth-order valence-electron chi connectivity index (χ4n) is 2.49. The lowest BCUT2D eigenvalue weighted by atomic mass is 10.1. The topological polar surface area (TPSA) is 32.3 Å². The highest BCUT2D eigenvalue weighted by molar-refractivity contribution is 6.42. The first-order chi connectivity index (χ1) is 9.59. The maximum atomic E-state index is 11.9. The van der Waals surface area contributed by atoms with Gasteiger partial charge in [-0.3, -0.25) is 4.79 Å². The minimum atomic E-state index is 0.0765. The smallest absolute Gasteiger partial charge is 0.223 e. The number of halogens is 2. The molecule has 20 heavy (non-hydrogen) atoms. The summed E-state index contributed by atoms with van der Waals surface area (Å²) in [5.74, 6) is 0.236. The SMILES string of the molecule is CC(NCCC(=O)N1CCCC1)c1cccc(Cl)c1Cl. The molecule has 1 amide bonds. The van der Waals surface area contributed by atoms with Gasteiger partial charge in [0.15, 0.2) is 0 Å². The zero-order valence-electron chi connectivity index (χ0n) is 11.7. The van der Waals surface area contributed by atoms with Crippen LogP contribution in [0.2, 0.25) is 10.0 Å². The van der Waals surface area contributed by atoms with Gasteiger partial charge in [0.1, 0.15) is 0 Å². The molecule has 0 radical (unpaired) electrons. The molecular formula is C15H20Cl2N2O. The highest BCUT2D eigenvalue weighted by Crippen LogP contribution is 2.29. The summed E-state index contributed by atoms with van der Waals surface area (Å²) in [6.45, 7) is 4.50. The molecule has 1 aromatic carbocycles. The molecule has 1 aliphatic heterocycles. The molecule has 1 N–H and O–H groups in total. The summed E-state index contributed by atoms with van der Waals surface area (Å²) in [7, 11) is 0. The number of likely N-dealkylation sites (tertiary alicyclic amines) is 1. The van der Waals surface area contributed by atoms with Gasteiger partial charge in [-0.05, 0) is 31.4 Å². The van der Waals surface area contributed by atoms with E-state index in [1.807, 2.05) is 24.0 Å². The summed E-state index contributed by atoms with van der Waals surface area (Å²) in [6, 6.07) is 5.69. The quantitative estimate of drug-likeness (QED) is 0.899. The second-order valence-corrected chi connectivity index (χ2v) is 5.94. The molecule has 5 heteroatoms. The Bertz CT molecular complexity index is 473. The van der Waals surface area contributed by atoms with Crippen LogP contribution in [-0.4, -0.2) is 30.4 Å². The predicted octanol–water partition coefficient (Wildman–Crippen LogP) is 3.66. The van der Waals surface area contributed by atoms with Crippen molar-refractivity contribution in [1.29, 1.82) is 0 Å². The lowest BCUT2D eigenvalue weighted by molar-refractivity contribution is -0.130. The molecule has 1 aromatic rings. The Morgan fingerprint density at radius 3 is 2.75 bits per heavy atom. The molecule has 1 heterocycles. The minimum absolute atomic E-state index is 0.0765. The average molecular weight is 315 g/mol. The van der Waals surface area contributed by atoms with Gasteiger partial charge in [0.05, 0.1) is 10.0 Å². The molecular weight excluding hydrogens is 295 g/mol. The van der Waals surface area contributed by atoms with Crippen molar-refractivity contribution in [1.82, 2.24) is 10.2 Å². The van der Waals surface area contributed by atoms with Crippen LogP contribution in [0.1, 0.15) is 37.8 Å². The van der Waals surface area contributed by atoms with Crippen LogP contribution in [0, 0.1) is 0 Å². The highest BCUT2D eigenvalue weighted by atomic mass is 35.5. The van der Waals surface area contributed by atoms with E-state index in [-0.39, 0.29) is 11.9 Å². The summed E-state index contributed by atoms with van der Waals surface area (Å²) < 4.78 is 0. The lowest BCUT2D eigenvalue weighted by Crippen LogP contribution is -2.31. The summed E-state index contributed by atoms with van der Waals surface area (Å²) in [4.78, 5) is 13.9. The predicted molar refractivity (Wildman–Crippen MR) is 83.3 cm³/mol.